The number of benzene rings is 2. The van der Waals surface area contributed by atoms with Crippen molar-refractivity contribution in [2.24, 2.45) is 0 Å². The van der Waals surface area contributed by atoms with E-state index in [1.807, 2.05) is 43.3 Å². The fourth-order valence-corrected chi connectivity index (χ4v) is 6.49. The van der Waals surface area contributed by atoms with Crippen LogP contribution in [0.2, 0.25) is 0 Å². The molecule has 0 bridgehead atoms. The Morgan fingerprint density at radius 1 is 1.05 bits per heavy atom. The van der Waals surface area contributed by atoms with E-state index in [1.165, 1.54) is 36.0 Å². The molecule has 0 aliphatic carbocycles. The summed E-state index contributed by atoms with van der Waals surface area (Å²) in [5.41, 5.74) is 7.91. The summed E-state index contributed by atoms with van der Waals surface area (Å²) in [6.45, 7) is 11.0. The summed E-state index contributed by atoms with van der Waals surface area (Å²) >= 11 is 1.15. The van der Waals surface area contributed by atoms with Crippen LogP contribution in [0, 0.1) is 13.8 Å². The Balaban J connectivity index is 1.35. The molecule has 1 aliphatic rings. The molecular formula is C33H37N3O3S. The van der Waals surface area contributed by atoms with Crippen molar-refractivity contribution < 1.29 is 14.6 Å². The summed E-state index contributed by atoms with van der Waals surface area (Å²) in [5.74, 6) is -0.157. The third kappa shape index (κ3) is 5.96. The molecule has 1 atom stereocenters. The first-order valence-electron chi connectivity index (χ1n) is 14.1. The Kier molecular flexibility index (Phi) is 8.62. The number of aromatic carboxylic acids is 1. The number of nitrogens with zero attached hydrogens (tertiary/aromatic N) is 3. The quantitative estimate of drug-likeness (QED) is 0.216. The zero-order valence-electron chi connectivity index (χ0n) is 23.7. The second kappa shape index (κ2) is 12.3. The highest BCUT2D eigenvalue weighted by Gasteiger charge is 2.22. The molecule has 208 valence electrons. The average molecular weight is 556 g/mol. The lowest BCUT2D eigenvalue weighted by molar-refractivity contribution is 0.0701. The Labute approximate surface area is 240 Å². The largest absolute Gasteiger partial charge is 0.488 e. The molecule has 0 radical (unpaired) electrons. The first kappa shape index (κ1) is 28.0. The maximum absolute atomic E-state index is 11.5. The third-order valence-electron chi connectivity index (χ3n) is 7.75. The molecule has 2 aromatic carbocycles. The van der Waals surface area contributed by atoms with E-state index in [0.717, 1.165) is 53.4 Å². The lowest BCUT2D eigenvalue weighted by atomic mass is 9.95. The minimum Gasteiger partial charge on any atom is -0.488 e. The summed E-state index contributed by atoms with van der Waals surface area (Å²) in [5, 5.41) is 10.0. The van der Waals surface area contributed by atoms with Crippen molar-refractivity contribution in [3.05, 3.63) is 87.4 Å². The van der Waals surface area contributed by atoms with E-state index in [1.54, 1.807) is 6.92 Å². The van der Waals surface area contributed by atoms with Crippen LogP contribution in [0.1, 0.15) is 70.7 Å². The van der Waals surface area contributed by atoms with Gasteiger partial charge in [0, 0.05) is 24.7 Å². The molecular weight excluding hydrogens is 518 g/mol. The van der Waals surface area contributed by atoms with Crippen LogP contribution in [0.25, 0.3) is 22.0 Å². The molecule has 3 heterocycles. The molecule has 7 heteroatoms. The van der Waals surface area contributed by atoms with Gasteiger partial charge in [0.25, 0.3) is 0 Å². The maximum Gasteiger partial charge on any atom is 0.347 e. The highest BCUT2D eigenvalue weighted by molar-refractivity contribution is 7.17. The molecule has 2 aromatic heterocycles. The Hall–Kier alpha value is -3.55. The van der Waals surface area contributed by atoms with Gasteiger partial charge in [-0.2, -0.15) is 0 Å². The normalized spacial score (nSPS) is 14.1. The van der Waals surface area contributed by atoms with Crippen molar-refractivity contribution in [2.75, 3.05) is 6.54 Å². The maximum atomic E-state index is 11.5. The number of carboxylic acid groups (broad SMARTS) is 1. The van der Waals surface area contributed by atoms with Crippen LogP contribution in [0.4, 0.5) is 0 Å². The number of hydrogen-bond donors (Lipinski definition) is 1. The number of pyridine rings is 1. The number of carboxylic acids is 1. The summed E-state index contributed by atoms with van der Waals surface area (Å²) in [7, 11) is 0. The molecule has 0 saturated carbocycles. The van der Waals surface area contributed by atoms with E-state index in [2.05, 4.69) is 41.9 Å². The van der Waals surface area contributed by atoms with Gasteiger partial charge in [-0.15, -0.1) is 11.3 Å². The first-order chi connectivity index (χ1) is 19.4. The SMILES string of the molecule is CCCC(CC)N1CCc2cc(COc3c(C)cccc3-c3cccc(-c4nc(C)c(C(=O)O)s4)n3)ccc2C1. The molecule has 6 nitrogen and oxygen atoms in total. The van der Waals surface area contributed by atoms with E-state index in [0.29, 0.717) is 29.0 Å². The molecule has 40 heavy (non-hydrogen) atoms. The van der Waals surface area contributed by atoms with Crippen molar-refractivity contribution in [2.45, 2.75) is 72.6 Å². The van der Waals surface area contributed by atoms with Crippen LogP contribution >= 0.6 is 11.3 Å². The molecule has 0 saturated heterocycles. The van der Waals surface area contributed by atoms with Crippen LogP contribution in [-0.2, 0) is 19.6 Å². The van der Waals surface area contributed by atoms with Crippen LogP contribution < -0.4 is 4.74 Å². The Morgan fingerprint density at radius 2 is 1.85 bits per heavy atom. The van der Waals surface area contributed by atoms with Crippen molar-refractivity contribution in [3.63, 3.8) is 0 Å². The lowest BCUT2D eigenvalue weighted by Crippen LogP contribution is -2.38. The molecule has 1 aliphatic heterocycles. The number of thiazole rings is 1. The van der Waals surface area contributed by atoms with E-state index < -0.39 is 5.97 Å². The third-order valence-corrected chi connectivity index (χ3v) is 8.92. The number of carbonyl (C=O) groups is 1. The minimum absolute atomic E-state index is 0.241. The topological polar surface area (TPSA) is 75.5 Å². The average Bonchev–Trinajstić information content (AvgIpc) is 3.37. The smallest absolute Gasteiger partial charge is 0.347 e. The zero-order chi connectivity index (χ0) is 28.2. The van der Waals surface area contributed by atoms with Gasteiger partial charge in [0.15, 0.2) is 0 Å². The number of aryl methyl sites for hydroxylation is 2. The molecule has 0 fully saturated rings. The number of ether oxygens (including phenoxy) is 1. The van der Waals surface area contributed by atoms with Crippen LogP contribution in [0.15, 0.2) is 54.6 Å². The van der Waals surface area contributed by atoms with Crippen molar-refractivity contribution in [1.29, 1.82) is 0 Å². The van der Waals surface area contributed by atoms with Gasteiger partial charge in [0.05, 0.1) is 17.1 Å². The predicted molar refractivity (Wildman–Crippen MR) is 161 cm³/mol. The summed E-state index contributed by atoms with van der Waals surface area (Å²) in [6.07, 6.45) is 4.78. The lowest BCUT2D eigenvalue weighted by Gasteiger charge is -2.35. The van der Waals surface area contributed by atoms with Gasteiger partial charge in [0.1, 0.15) is 22.2 Å². The summed E-state index contributed by atoms with van der Waals surface area (Å²) in [4.78, 5) is 23.7. The van der Waals surface area contributed by atoms with Crippen molar-refractivity contribution >= 4 is 17.3 Å². The number of rotatable bonds is 10. The van der Waals surface area contributed by atoms with Gasteiger partial charge in [0.2, 0.25) is 0 Å². The molecule has 1 N–H and O–H groups in total. The highest BCUT2D eigenvalue weighted by atomic mass is 32.1. The summed E-state index contributed by atoms with van der Waals surface area (Å²) < 4.78 is 6.47. The zero-order valence-corrected chi connectivity index (χ0v) is 24.6. The van der Waals surface area contributed by atoms with Crippen LogP contribution in [-0.4, -0.2) is 38.5 Å². The molecule has 5 rings (SSSR count). The number of hydrogen-bond acceptors (Lipinski definition) is 6. The number of aromatic nitrogens is 2. The minimum atomic E-state index is -0.965. The molecule has 0 spiro atoms. The van der Waals surface area contributed by atoms with Crippen molar-refractivity contribution in [3.8, 4) is 27.7 Å². The van der Waals surface area contributed by atoms with E-state index >= 15 is 0 Å². The van der Waals surface area contributed by atoms with Crippen LogP contribution in [0.5, 0.6) is 5.75 Å². The predicted octanol–water partition coefficient (Wildman–Crippen LogP) is 7.70. The van der Waals surface area contributed by atoms with Gasteiger partial charge >= 0.3 is 5.97 Å². The Bertz CT molecular complexity index is 1510. The standard InChI is InChI=1S/C33H37N3O3S/c1-5-9-26(6-2)36-17-16-24-18-23(14-15-25(24)19-36)20-39-30-21(3)10-7-11-27(30)28-12-8-13-29(35-28)32-34-22(4)31(40-32)33(37)38/h7-8,10-15,18,26H,5-6,9,16-17,19-20H2,1-4H3,(H,37,38). The first-order valence-corrected chi connectivity index (χ1v) is 14.9. The fourth-order valence-electron chi connectivity index (χ4n) is 5.62. The van der Waals surface area contributed by atoms with Gasteiger partial charge in [-0.1, -0.05) is 56.7 Å². The van der Waals surface area contributed by atoms with Gasteiger partial charge in [-0.25, -0.2) is 14.8 Å². The van der Waals surface area contributed by atoms with Crippen LogP contribution in [0.3, 0.4) is 0 Å². The second-order valence-electron chi connectivity index (χ2n) is 10.6. The van der Waals surface area contributed by atoms with Gasteiger partial charge < -0.3 is 9.84 Å². The van der Waals surface area contributed by atoms with E-state index in [-0.39, 0.29) is 4.88 Å². The molecule has 4 aromatic rings. The molecule has 0 amide bonds. The summed E-state index contributed by atoms with van der Waals surface area (Å²) in [6, 6.07) is 19.3. The number of fused-ring (bicyclic) bond motifs is 1. The van der Waals surface area contributed by atoms with E-state index in [9.17, 15) is 9.90 Å². The second-order valence-corrected chi connectivity index (χ2v) is 11.6. The number of para-hydroxylation sites is 1. The van der Waals surface area contributed by atoms with Gasteiger partial charge in [-0.05, 0) is 73.6 Å². The van der Waals surface area contributed by atoms with E-state index in [4.69, 9.17) is 9.72 Å². The molecule has 1 unspecified atom stereocenters. The van der Waals surface area contributed by atoms with Gasteiger partial charge in [-0.3, -0.25) is 4.90 Å². The fraction of sp³-hybridized carbons (Fsp3) is 0.364. The Morgan fingerprint density at radius 3 is 2.60 bits per heavy atom. The monoisotopic (exact) mass is 555 g/mol. The van der Waals surface area contributed by atoms with Crippen molar-refractivity contribution in [1.82, 2.24) is 14.9 Å². The highest BCUT2D eigenvalue weighted by Crippen LogP contribution is 2.35.